The van der Waals surface area contributed by atoms with E-state index in [0.717, 1.165) is 29.1 Å². The van der Waals surface area contributed by atoms with Crippen LogP contribution < -0.4 is 5.32 Å². The van der Waals surface area contributed by atoms with E-state index in [9.17, 15) is 14.7 Å². The number of aryl methyl sites for hydroxylation is 1. The van der Waals surface area contributed by atoms with Gasteiger partial charge in [-0.25, -0.2) is 4.98 Å². The molecular formula is C14H20N2O3S. The zero-order valence-corrected chi connectivity index (χ0v) is 12.5. The number of hydrogen-bond acceptors (Lipinski definition) is 4. The number of carbonyl (C=O) groups is 2. The molecule has 0 saturated heterocycles. The van der Waals surface area contributed by atoms with Crippen LogP contribution in [0.3, 0.4) is 0 Å². The molecular weight excluding hydrogens is 276 g/mol. The summed E-state index contributed by atoms with van der Waals surface area (Å²) in [6.45, 7) is 2.34. The van der Waals surface area contributed by atoms with Gasteiger partial charge in [-0.1, -0.05) is 19.3 Å². The molecule has 1 heterocycles. The summed E-state index contributed by atoms with van der Waals surface area (Å²) in [4.78, 5) is 28.6. The SMILES string of the molecule is Cc1ncc(CNC(=O)CC2(C(=O)O)CCCCC2)s1. The number of carboxylic acids is 1. The molecule has 20 heavy (non-hydrogen) atoms. The Kier molecular flexibility index (Phi) is 4.75. The molecule has 110 valence electrons. The van der Waals surface area contributed by atoms with Crippen LogP contribution in [0.2, 0.25) is 0 Å². The molecule has 0 unspecified atom stereocenters. The zero-order valence-electron chi connectivity index (χ0n) is 11.6. The maximum absolute atomic E-state index is 12.0. The van der Waals surface area contributed by atoms with E-state index in [2.05, 4.69) is 10.3 Å². The van der Waals surface area contributed by atoms with Crippen LogP contribution in [0.25, 0.3) is 0 Å². The summed E-state index contributed by atoms with van der Waals surface area (Å²) in [5, 5.41) is 13.2. The molecule has 0 bridgehead atoms. The number of carboxylic acid groups (broad SMARTS) is 1. The average Bonchev–Trinajstić information content (AvgIpc) is 2.83. The number of thiazole rings is 1. The Balaban J connectivity index is 1.90. The highest BCUT2D eigenvalue weighted by Crippen LogP contribution is 2.39. The number of nitrogens with zero attached hydrogens (tertiary/aromatic N) is 1. The van der Waals surface area contributed by atoms with Gasteiger partial charge in [-0.05, 0) is 19.8 Å². The summed E-state index contributed by atoms with van der Waals surface area (Å²) in [5.74, 6) is -1.01. The van der Waals surface area contributed by atoms with Gasteiger partial charge in [0, 0.05) is 17.5 Å². The third kappa shape index (κ3) is 3.56. The number of rotatable bonds is 5. The van der Waals surface area contributed by atoms with Crippen molar-refractivity contribution in [1.82, 2.24) is 10.3 Å². The number of carbonyl (C=O) groups excluding carboxylic acids is 1. The molecule has 1 aromatic heterocycles. The second kappa shape index (κ2) is 6.35. The first kappa shape index (κ1) is 15.0. The first-order valence-corrected chi connectivity index (χ1v) is 7.75. The van der Waals surface area contributed by atoms with Crippen LogP contribution in [0.4, 0.5) is 0 Å². The van der Waals surface area contributed by atoms with Crippen LogP contribution in [0.15, 0.2) is 6.20 Å². The van der Waals surface area contributed by atoms with E-state index >= 15 is 0 Å². The van der Waals surface area contributed by atoms with E-state index in [-0.39, 0.29) is 12.3 Å². The minimum absolute atomic E-state index is 0.0835. The molecule has 1 fully saturated rings. The molecule has 0 atom stereocenters. The van der Waals surface area contributed by atoms with E-state index in [1.165, 1.54) is 11.3 Å². The van der Waals surface area contributed by atoms with Gasteiger partial charge in [0.1, 0.15) is 0 Å². The molecule has 0 spiro atoms. The van der Waals surface area contributed by atoms with E-state index in [1.54, 1.807) is 6.20 Å². The number of aromatic nitrogens is 1. The fourth-order valence-electron chi connectivity index (χ4n) is 2.74. The Morgan fingerprint density at radius 3 is 2.65 bits per heavy atom. The van der Waals surface area contributed by atoms with E-state index in [4.69, 9.17) is 0 Å². The van der Waals surface area contributed by atoms with Crippen LogP contribution in [-0.4, -0.2) is 22.0 Å². The maximum Gasteiger partial charge on any atom is 0.310 e. The fraction of sp³-hybridized carbons (Fsp3) is 0.643. The molecule has 2 N–H and O–H groups in total. The molecule has 6 heteroatoms. The molecule has 0 aromatic carbocycles. The van der Waals surface area contributed by atoms with Crippen molar-refractivity contribution in [2.24, 2.45) is 5.41 Å². The van der Waals surface area contributed by atoms with Crippen molar-refractivity contribution >= 4 is 23.2 Å². The van der Waals surface area contributed by atoms with Crippen LogP contribution in [-0.2, 0) is 16.1 Å². The second-order valence-electron chi connectivity index (χ2n) is 5.45. The first-order valence-electron chi connectivity index (χ1n) is 6.93. The van der Waals surface area contributed by atoms with Gasteiger partial charge in [0.05, 0.1) is 17.0 Å². The Bertz CT molecular complexity index is 492. The third-order valence-electron chi connectivity index (χ3n) is 3.89. The summed E-state index contributed by atoms with van der Waals surface area (Å²) in [7, 11) is 0. The van der Waals surface area contributed by atoms with Crippen molar-refractivity contribution in [3.05, 3.63) is 16.1 Å². The van der Waals surface area contributed by atoms with Crippen molar-refractivity contribution in [3.63, 3.8) is 0 Å². The first-order chi connectivity index (χ1) is 9.52. The van der Waals surface area contributed by atoms with Gasteiger partial charge in [-0.2, -0.15) is 0 Å². The minimum Gasteiger partial charge on any atom is -0.481 e. The Hall–Kier alpha value is -1.43. The number of amides is 1. The summed E-state index contributed by atoms with van der Waals surface area (Å²) in [6, 6.07) is 0. The van der Waals surface area contributed by atoms with Crippen molar-refractivity contribution in [2.75, 3.05) is 0 Å². The van der Waals surface area contributed by atoms with Crippen molar-refractivity contribution in [1.29, 1.82) is 0 Å². The smallest absolute Gasteiger partial charge is 0.310 e. The molecule has 1 aromatic rings. The van der Waals surface area contributed by atoms with Gasteiger partial charge in [0.2, 0.25) is 5.91 Å². The number of nitrogens with one attached hydrogen (secondary N) is 1. The molecule has 0 radical (unpaired) electrons. The lowest BCUT2D eigenvalue weighted by Crippen LogP contribution is -2.39. The van der Waals surface area contributed by atoms with Crippen molar-refractivity contribution in [3.8, 4) is 0 Å². The summed E-state index contributed by atoms with van der Waals surface area (Å²) < 4.78 is 0. The molecule has 1 aliphatic rings. The average molecular weight is 296 g/mol. The van der Waals surface area contributed by atoms with Gasteiger partial charge < -0.3 is 10.4 Å². The van der Waals surface area contributed by atoms with Gasteiger partial charge in [-0.15, -0.1) is 11.3 Å². The molecule has 5 nitrogen and oxygen atoms in total. The highest BCUT2D eigenvalue weighted by atomic mass is 32.1. The maximum atomic E-state index is 12.0. The fourth-order valence-corrected chi connectivity index (χ4v) is 3.47. The second-order valence-corrected chi connectivity index (χ2v) is 6.76. The van der Waals surface area contributed by atoms with E-state index in [1.807, 2.05) is 6.92 Å². The van der Waals surface area contributed by atoms with Gasteiger partial charge in [0.15, 0.2) is 0 Å². The standard InChI is InChI=1S/C14H20N2O3S/c1-10-15-8-11(20-10)9-16-12(17)7-14(13(18)19)5-3-2-4-6-14/h8H,2-7,9H2,1H3,(H,16,17)(H,18,19). The van der Waals surface area contributed by atoms with Crippen molar-refractivity contribution < 1.29 is 14.7 Å². The van der Waals surface area contributed by atoms with Crippen molar-refractivity contribution in [2.45, 2.75) is 52.0 Å². The summed E-state index contributed by atoms with van der Waals surface area (Å²) in [6.07, 6.45) is 5.90. The quantitative estimate of drug-likeness (QED) is 0.875. The summed E-state index contributed by atoms with van der Waals surface area (Å²) in [5.41, 5.74) is -0.855. The zero-order chi connectivity index (χ0) is 14.6. The number of aliphatic carboxylic acids is 1. The monoisotopic (exact) mass is 296 g/mol. The van der Waals surface area contributed by atoms with Crippen LogP contribution in [0.1, 0.15) is 48.4 Å². The topological polar surface area (TPSA) is 79.3 Å². The molecule has 0 aliphatic heterocycles. The normalized spacial score (nSPS) is 17.6. The highest BCUT2D eigenvalue weighted by molar-refractivity contribution is 7.11. The van der Waals surface area contributed by atoms with Crippen LogP contribution in [0, 0.1) is 12.3 Å². The molecule has 1 amide bonds. The Morgan fingerprint density at radius 1 is 1.40 bits per heavy atom. The van der Waals surface area contributed by atoms with Gasteiger partial charge in [0.25, 0.3) is 0 Å². The van der Waals surface area contributed by atoms with E-state index < -0.39 is 11.4 Å². The Morgan fingerprint density at radius 2 is 2.10 bits per heavy atom. The Labute approximate surface area is 122 Å². The lowest BCUT2D eigenvalue weighted by atomic mass is 9.71. The van der Waals surface area contributed by atoms with Gasteiger partial charge >= 0.3 is 5.97 Å². The van der Waals surface area contributed by atoms with Crippen LogP contribution in [0.5, 0.6) is 0 Å². The third-order valence-corrected chi connectivity index (χ3v) is 4.80. The largest absolute Gasteiger partial charge is 0.481 e. The van der Waals surface area contributed by atoms with Crippen LogP contribution >= 0.6 is 11.3 Å². The molecule has 1 aliphatic carbocycles. The number of hydrogen-bond donors (Lipinski definition) is 2. The predicted molar refractivity (Wildman–Crippen MR) is 76.5 cm³/mol. The summed E-state index contributed by atoms with van der Waals surface area (Å²) >= 11 is 1.54. The lowest BCUT2D eigenvalue weighted by Gasteiger charge is -2.32. The highest BCUT2D eigenvalue weighted by Gasteiger charge is 2.41. The molecule has 2 rings (SSSR count). The predicted octanol–water partition coefficient (Wildman–Crippen LogP) is 2.49. The lowest BCUT2D eigenvalue weighted by molar-refractivity contribution is -0.154. The van der Waals surface area contributed by atoms with Gasteiger partial charge in [-0.3, -0.25) is 9.59 Å². The molecule has 1 saturated carbocycles. The van der Waals surface area contributed by atoms with E-state index in [0.29, 0.717) is 19.4 Å². The minimum atomic E-state index is -0.855.